The molecular formula is C12H11N3O. The van der Waals surface area contributed by atoms with E-state index in [2.05, 4.69) is 9.97 Å². The second kappa shape index (κ2) is 4.63. The Kier molecular flexibility index (Phi) is 3.03. The molecule has 0 radical (unpaired) electrons. The Bertz CT molecular complexity index is 479. The Balaban J connectivity index is 2.28. The summed E-state index contributed by atoms with van der Waals surface area (Å²) in [6.45, 7) is 0.472. The monoisotopic (exact) mass is 213 g/mol. The van der Waals surface area contributed by atoms with E-state index < -0.39 is 0 Å². The predicted molar refractivity (Wildman–Crippen MR) is 59.8 cm³/mol. The van der Waals surface area contributed by atoms with Crippen LogP contribution in [0, 0.1) is 0 Å². The second-order valence-electron chi connectivity index (χ2n) is 3.32. The summed E-state index contributed by atoms with van der Waals surface area (Å²) in [6.07, 6.45) is 4.50. The Morgan fingerprint density at radius 1 is 1.19 bits per heavy atom. The first kappa shape index (κ1) is 10.4. The molecule has 4 heteroatoms. The molecule has 0 amide bonds. The van der Waals surface area contributed by atoms with Gasteiger partial charge in [-0.15, -0.1) is 0 Å². The Hall–Kier alpha value is -2.07. The molecule has 0 aliphatic heterocycles. The fourth-order valence-corrected chi connectivity index (χ4v) is 1.36. The molecule has 0 aliphatic carbocycles. The molecule has 0 atom stereocenters. The zero-order valence-electron chi connectivity index (χ0n) is 8.63. The van der Waals surface area contributed by atoms with Gasteiger partial charge in [0, 0.05) is 24.5 Å². The number of carbonyl (C=O) groups excluding carboxylic acids is 1. The molecule has 4 nitrogen and oxygen atoms in total. The van der Waals surface area contributed by atoms with Crippen LogP contribution in [0.15, 0.2) is 42.9 Å². The van der Waals surface area contributed by atoms with Crippen molar-refractivity contribution in [3.8, 4) is 0 Å². The van der Waals surface area contributed by atoms with Gasteiger partial charge in [-0.3, -0.25) is 9.78 Å². The lowest BCUT2D eigenvalue weighted by atomic mass is 10.1. The van der Waals surface area contributed by atoms with Crippen LogP contribution in [0.5, 0.6) is 0 Å². The number of nitrogens with two attached hydrogens (primary N) is 1. The molecule has 0 saturated carbocycles. The highest BCUT2D eigenvalue weighted by atomic mass is 16.1. The first-order valence-electron chi connectivity index (χ1n) is 4.91. The predicted octanol–water partition coefficient (Wildman–Crippen LogP) is 1.17. The van der Waals surface area contributed by atoms with Crippen LogP contribution in [0.4, 0.5) is 0 Å². The van der Waals surface area contributed by atoms with E-state index in [4.69, 9.17) is 5.73 Å². The third-order valence-electron chi connectivity index (χ3n) is 2.25. The van der Waals surface area contributed by atoms with Gasteiger partial charge in [0.1, 0.15) is 5.69 Å². The second-order valence-corrected chi connectivity index (χ2v) is 3.32. The maximum absolute atomic E-state index is 11.9. The van der Waals surface area contributed by atoms with E-state index in [-0.39, 0.29) is 5.78 Å². The third kappa shape index (κ3) is 2.12. The van der Waals surface area contributed by atoms with Gasteiger partial charge in [-0.2, -0.15) is 0 Å². The van der Waals surface area contributed by atoms with Crippen molar-refractivity contribution < 1.29 is 4.79 Å². The lowest BCUT2D eigenvalue weighted by Gasteiger charge is -2.01. The van der Waals surface area contributed by atoms with Crippen LogP contribution in [0.25, 0.3) is 0 Å². The van der Waals surface area contributed by atoms with Crippen molar-refractivity contribution in [1.29, 1.82) is 0 Å². The van der Waals surface area contributed by atoms with Crippen LogP contribution in [0.1, 0.15) is 21.6 Å². The van der Waals surface area contributed by atoms with Crippen LogP contribution in [0.3, 0.4) is 0 Å². The van der Waals surface area contributed by atoms with Crippen LogP contribution in [0.2, 0.25) is 0 Å². The summed E-state index contributed by atoms with van der Waals surface area (Å²) >= 11 is 0. The summed E-state index contributed by atoms with van der Waals surface area (Å²) < 4.78 is 0. The van der Waals surface area contributed by atoms with Crippen molar-refractivity contribution in [3.05, 3.63) is 59.7 Å². The highest BCUT2D eigenvalue weighted by Crippen LogP contribution is 2.08. The fourth-order valence-electron chi connectivity index (χ4n) is 1.36. The zero-order valence-corrected chi connectivity index (χ0v) is 8.63. The van der Waals surface area contributed by atoms with Crippen LogP contribution < -0.4 is 5.73 Å². The fraction of sp³-hybridized carbons (Fsp3) is 0.0833. The molecule has 1 aromatic carbocycles. The van der Waals surface area contributed by atoms with Gasteiger partial charge in [0.25, 0.3) is 0 Å². The minimum atomic E-state index is -0.128. The standard InChI is InChI=1S/C12H11N3O/c13-7-9-1-3-10(4-2-9)12(16)11-8-14-5-6-15-11/h1-6,8H,7,13H2. The molecule has 0 fully saturated rings. The van der Waals surface area contributed by atoms with E-state index in [1.807, 2.05) is 12.1 Å². The van der Waals surface area contributed by atoms with Crippen molar-refractivity contribution in [2.45, 2.75) is 6.54 Å². The van der Waals surface area contributed by atoms with Crippen molar-refractivity contribution in [3.63, 3.8) is 0 Å². The molecule has 2 aromatic rings. The summed E-state index contributed by atoms with van der Waals surface area (Å²) in [5, 5.41) is 0. The lowest BCUT2D eigenvalue weighted by Crippen LogP contribution is -2.05. The highest BCUT2D eigenvalue weighted by Gasteiger charge is 2.09. The van der Waals surface area contributed by atoms with Gasteiger partial charge in [0.2, 0.25) is 5.78 Å². The normalized spacial score (nSPS) is 10.1. The van der Waals surface area contributed by atoms with E-state index in [1.54, 1.807) is 12.1 Å². The van der Waals surface area contributed by atoms with Crippen LogP contribution in [-0.4, -0.2) is 15.8 Å². The summed E-state index contributed by atoms with van der Waals surface area (Å²) in [5.74, 6) is -0.128. The number of nitrogens with zero attached hydrogens (tertiary/aromatic N) is 2. The van der Waals surface area contributed by atoms with Gasteiger partial charge in [-0.1, -0.05) is 24.3 Å². The molecule has 16 heavy (non-hydrogen) atoms. The summed E-state index contributed by atoms with van der Waals surface area (Å²) in [4.78, 5) is 19.7. The molecule has 1 heterocycles. The van der Waals surface area contributed by atoms with Gasteiger partial charge in [-0.05, 0) is 5.56 Å². The lowest BCUT2D eigenvalue weighted by molar-refractivity contribution is 0.103. The zero-order chi connectivity index (χ0) is 11.4. The Morgan fingerprint density at radius 3 is 2.50 bits per heavy atom. The first-order valence-corrected chi connectivity index (χ1v) is 4.91. The molecule has 0 spiro atoms. The largest absolute Gasteiger partial charge is 0.326 e. The molecule has 2 N–H and O–H groups in total. The number of hydrogen-bond donors (Lipinski definition) is 1. The summed E-state index contributed by atoms with van der Waals surface area (Å²) in [6, 6.07) is 7.17. The molecule has 0 bridgehead atoms. The summed E-state index contributed by atoms with van der Waals surface area (Å²) in [5.41, 5.74) is 7.42. The average Bonchev–Trinajstić information content (AvgIpc) is 2.39. The van der Waals surface area contributed by atoms with E-state index in [0.717, 1.165) is 5.56 Å². The van der Waals surface area contributed by atoms with Gasteiger partial charge in [0.15, 0.2) is 0 Å². The van der Waals surface area contributed by atoms with E-state index in [0.29, 0.717) is 17.8 Å². The quantitative estimate of drug-likeness (QED) is 0.777. The molecule has 0 saturated heterocycles. The number of rotatable bonds is 3. The van der Waals surface area contributed by atoms with Gasteiger partial charge >= 0.3 is 0 Å². The van der Waals surface area contributed by atoms with Crippen LogP contribution in [-0.2, 0) is 6.54 Å². The molecule has 80 valence electrons. The smallest absolute Gasteiger partial charge is 0.212 e. The third-order valence-corrected chi connectivity index (χ3v) is 2.25. The van der Waals surface area contributed by atoms with Crippen molar-refractivity contribution in [1.82, 2.24) is 9.97 Å². The number of hydrogen-bond acceptors (Lipinski definition) is 4. The van der Waals surface area contributed by atoms with Gasteiger partial charge in [0.05, 0.1) is 6.20 Å². The van der Waals surface area contributed by atoms with Crippen LogP contribution >= 0.6 is 0 Å². The maximum atomic E-state index is 11.9. The summed E-state index contributed by atoms with van der Waals surface area (Å²) in [7, 11) is 0. The number of ketones is 1. The number of carbonyl (C=O) groups is 1. The minimum Gasteiger partial charge on any atom is -0.326 e. The Labute approximate surface area is 93.2 Å². The average molecular weight is 213 g/mol. The molecule has 1 aromatic heterocycles. The van der Waals surface area contributed by atoms with Crippen molar-refractivity contribution in [2.75, 3.05) is 0 Å². The van der Waals surface area contributed by atoms with Gasteiger partial charge in [-0.25, -0.2) is 4.98 Å². The SMILES string of the molecule is NCc1ccc(C(=O)c2cnccn2)cc1. The molecule has 0 unspecified atom stereocenters. The van der Waals surface area contributed by atoms with Crippen molar-refractivity contribution >= 4 is 5.78 Å². The van der Waals surface area contributed by atoms with E-state index >= 15 is 0 Å². The number of aromatic nitrogens is 2. The Morgan fingerprint density at radius 2 is 1.94 bits per heavy atom. The van der Waals surface area contributed by atoms with E-state index in [1.165, 1.54) is 18.6 Å². The minimum absolute atomic E-state index is 0.128. The van der Waals surface area contributed by atoms with E-state index in [9.17, 15) is 4.79 Å². The highest BCUT2D eigenvalue weighted by molar-refractivity contribution is 6.07. The molecule has 0 aliphatic rings. The van der Waals surface area contributed by atoms with Crippen molar-refractivity contribution in [2.24, 2.45) is 5.73 Å². The molecular weight excluding hydrogens is 202 g/mol. The molecule has 2 rings (SSSR count). The number of benzene rings is 1. The van der Waals surface area contributed by atoms with Gasteiger partial charge < -0.3 is 5.73 Å². The first-order chi connectivity index (χ1) is 7.81. The topological polar surface area (TPSA) is 68.9 Å². The maximum Gasteiger partial charge on any atom is 0.212 e.